The molecule has 1 heteroatoms. The van der Waals surface area contributed by atoms with Crippen LogP contribution in [0.15, 0.2) is 84.9 Å². The summed E-state index contributed by atoms with van der Waals surface area (Å²) in [6.07, 6.45) is 11.2. The highest BCUT2D eigenvalue weighted by Gasteiger charge is 2.21. The van der Waals surface area contributed by atoms with E-state index in [1.165, 1.54) is 65.5 Å². The molecule has 1 nitrogen and oxygen atoms in total. The van der Waals surface area contributed by atoms with Gasteiger partial charge < -0.3 is 4.74 Å². The second-order valence-corrected chi connectivity index (χ2v) is 8.85. The maximum absolute atomic E-state index is 5.20. The summed E-state index contributed by atoms with van der Waals surface area (Å²) in [7, 11) is 1.73. The molecular weight excluding hydrogens is 376 g/mol. The smallest absolute Gasteiger partial charge is 0.0713 e. The van der Waals surface area contributed by atoms with Gasteiger partial charge in [-0.2, -0.15) is 0 Å². The Morgan fingerprint density at radius 2 is 1.19 bits per heavy atom. The minimum atomic E-state index is 0.660. The quantitative estimate of drug-likeness (QED) is 0.355. The third-order valence-electron chi connectivity index (χ3n) is 6.75. The minimum Gasteiger partial charge on any atom is -0.380 e. The van der Waals surface area contributed by atoms with Gasteiger partial charge in [0.1, 0.15) is 0 Å². The number of rotatable bonds is 7. The fourth-order valence-corrected chi connectivity index (χ4v) is 4.82. The van der Waals surface area contributed by atoms with E-state index in [2.05, 4.69) is 91.9 Å². The van der Waals surface area contributed by atoms with E-state index >= 15 is 0 Å². The van der Waals surface area contributed by atoms with Crippen molar-refractivity contribution < 1.29 is 4.74 Å². The zero-order chi connectivity index (χ0) is 21.5. The summed E-state index contributed by atoms with van der Waals surface area (Å²) < 4.78 is 5.20. The van der Waals surface area contributed by atoms with E-state index in [0.717, 1.165) is 11.8 Å². The van der Waals surface area contributed by atoms with E-state index < -0.39 is 0 Å². The van der Waals surface area contributed by atoms with Gasteiger partial charge in [-0.3, -0.25) is 0 Å². The minimum absolute atomic E-state index is 0.660. The van der Waals surface area contributed by atoms with Gasteiger partial charge in [0.2, 0.25) is 0 Å². The van der Waals surface area contributed by atoms with E-state index in [0.29, 0.717) is 6.61 Å². The molecule has 0 aliphatic heterocycles. The summed E-state index contributed by atoms with van der Waals surface area (Å²) in [5, 5.41) is 0. The first kappa shape index (κ1) is 21.6. The Morgan fingerprint density at radius 3 is 1.68 bits per heavy atom. The van der Waals surface area contributed by atoms with Crippen LogP contribution in [0.2, 0.25) is 0 Å². The Bertz CT molecular complexity index is 956. The van der Waals surface area contributed by atoms with Crippen molar-refractivity contribution in [1.82, 2.24) is 0 Å². The van der Waals surface area contributed by atoms with E-state index in [4.69, 9.17) is 4.74 Å². The maximum atomic E-state index is 5.20. The van der Waals surface area contributed by atoms with Crippen LogP contribution in [0.3, 0.4) is 0 Å². The second kappa shape index (κ2) is 10.6. The number of methoxy groups -OCH3 is 1. The van der Waals surface area contributed by atoms with Crippen LogP contribution in [0.4, 0.5) is 0 Å². The first-order valence-electron chi connectivity index (χ1n) is 11.7. The predicted molar refractivity (Wildman–Crippen MR) is 132 cm³/mol. The molecule has 0 bridgehead atoms. The molecule has 3 aromatic rings. The van der Waals surface area contributed by atoms with Crippen LogP contribution in [0, 0.1) is 5.92 Å². The molecule has 1 aliphatic carbocycles. The summed E-state index contributed by atoms with van der Waals surface area (Å²) in [4.78, 5) is 0. The van der Waals surface area contributed by atoms with Gasteiger partial charge in [-0.05, 0) is 84.2 Å². The molecule has 0 spiro atoms. The molecule has 3 aromatic carbocycles. The molecule has 0 saturated heterocycles. The molecule has 0 N–H and O–H groups in total. The first-order valence-corrected chi connectivity index (χ1v) is 11.7. The Kier molecular flexibility index (Phi) is 7.38. The Morgan fingerprint density at radius 1 is 0.710 bits per heavy atom. The molecular formula is C30H34O. The molecule has 1 aliphatic rings. The summed E-state index contributed by atoms with van der Waals surface area (Å²) in [5.74, 6) is 1.63. The fraction of sp³-hybridized carbons (Fsp3) is 0.333. The molecule has 0 atom stereocenters. The highest BCUT2D eigenvalue weighted by Crippen LogP contribution is 2.38. The van der Waals surface area contributed by atoms with Gasteiger partial charge in [-0.15, -0.1) is 0 Å². The normalized spacial score (nSPS) is 19.0. The van der Waals surface area contributed by atoms with E-state index in [9.17, 15) is 0 Å². The number of ether oxygens (including phenoxy) is 1. The molecule has 4 rings (SSSR count). The van der Waals surface area contributed by atoms with Crippen LogP contribution in [-0.4, -0.2) is 7.11 Å². The van der Waals surface area contributed by atoms with Gasteiger partial charge in [-0.25, -0.2) is 0 Å². The van der Waals surface area contributed by atoms with Crippen molar-refractivity contribution in [2.75, 3.05) is 7.11 Å². The van der Waals surface area contributed by atoms with Crippen LogP contribution < -0.4 is 0 Å². The zero-order valence-electron chi connectivity index (χ0n) is 18.9. The standard InChI is InChI=1S/C30H34O/c1-3-4-5-23-6-10-25(11-7-23)27-14-18-29(19-15-27)30-20-16-28(17-21-30)26-12-8-24(9-13-26)22-31-2/h3-4,8-9,12-21,23,25H,5-7,10-11,22H2,1-2H3/b4-3+. The summed E-state index contributed by atoms with van der Waals surface area (Å²) in [6.45, 7) is 2.79. The van der Waals surface area contributed by atoms with Gasteiger partial charge in [0.15, 0.2) is 0 Å². The van der Waals surface area contributed by atoms with E-state index in [-0.39, 0.29) is 0 Å². The Labute approximate surface area is 187 Å². The molecule has 1 saturated carbocycles. The summed E-state index contributed by atoms with van der Waals surface area (Å²) >= 11 is 0. The monoisotopic (exact) mass is 410 g/mol. The fourth-order valence-electron chi connectivity index (χ4n) is 4.82. The van der Waals surface area contributed by atoms with Crippen LogP contribution in [-0.2, 0) is 11.3 Å². The topological polar surface area (TPSA) is 9.23 Å². The second-order valence-electron chi connectivity index (χ2n) is 8.85. The van der Waals surface area contributed by atoms with Crippen LogP contribution in [0.1, 0.15) is 56.1 Å². The van der Waals surface area contributed by atoms with Crippen molar-refractivity contribution in [1.29, 1.82) is 0 Å². The van der Waals surface area contributed by atoms with Crippen LogP contribution in [0.5, 0.6) is 0 Å². The number of benzene rings is 3. The van der Waals surface area contributed by atoms with E-state index in [1.807, 2.05) is 0 Å². The van der Waals surface area contributed by atoms with Crippen molar-refractivity contribution in [3.63, 3.8) is 0 Å². The zero-order valence-corrected chi connectivity index (χ0v) is 18.9. The number of hydrogen-bond donors (Lipinski definition) is 0. The van der Waals surface area contributed by atoms with Crippen molar-refractivity contribution in [3.05, 3.63) is 96.1 Å². The van der Waals surface area contributed by atoms with Gasteiger partial charge in [0, 0.05) is 7.11 Å². The first-order chi connectivity index (χ1) is 15.3. The lowest BCUT2D eigenvalue weighted by Crippen LogP contribution is -2.12. The number of allylic oxidation sites excluding steroid dienone is 2. The van der Waals surface area contributed by atoms with Crippen molar-refractivity contribution >= 4 is 0 Å². The highest BCUT2D eigenvalue weighted by molar-refractivity contribution is 5.70. The molecule has 0 amide bonds. The summed E-state index contributed by atoms with van der Waals surface area (Å²) in [6, 6.07) is 26.9. The van der Waals surface area contributed by atoms with E-state index in [1.54, 1.807) is 7.11 Å². The average molecular weight is 411 g/mol. The molecule has 160 valence electrons. The molecule has 0 aromatic heterocycles. The Hall–Kier alpha value is -2.64. The lowest BCUT2D eigenvalue weighted by Gasteiger charge is -2.28. The third kappa shape index (κ3) is 5.54. The maximum Gasteiger partial charge on any atom is 0.0713 e. The number of hydrogen-bond acceptors (Lipinski definition) is 1. The van der Waals surface area contributed by atoms with Crippen molar-refractivity contribution in [2.24, 2.45) is 5.92 Å². The average Bonchev–Trinajstić information content (AvgIpc) is 2.84. The predicted octanol–water partition coefficient (Wildman–Crippen LogP) is 8.41. The van der Waals surface area contributed by atoms with Crippen LogP contribution in [0.25, 0.3) is 22.3 Å². The lowest BCUT2D eigenvalue weighted by atomic mass is 9.77. The molecule has 0 radical (unpaired) electrons. The SMILES string of the molecule is C/C=C/CC1CCC(c2ccc(-c3ccc(-c4ccc(COC)cc4)cc3)cc2)CC1. The van der Waals surface area contributed by atoms with Gasteiger partial charge >= 0.3 is 0 Å². The third-order valence-corrected chi connectivity index (χ3v) is 6.75. The largest absolute Gasteiger partial charge is 0.380 e. The van der Waals surface area contributed by atoms with Crippen molar-refractivity contribution in [2.45, 2.75) is 51.6 Å². The van der Waals surface area contributed by atoms with Gasteiger partial charge in [0.25, 0.3) is 0 Å². The molecule has 31 heavy (non-hydrogen) atoms. The molecule has 1 fully saturated rings. The van der Waals surface area contributed by atoms with Gasteiger partial charge in [-0.1, -0.05) is 84.9 Å². The Balaban J connectivity index is 1.39. The highest BCUT2D eigenvalue weighted by atomic mass is 16.5. The molecule has 0 unspecified atom stereocenters. The lowest BCUT2D eigenvalue weighted by molar-refractivity contribution is 0.185. The summed E-state index contributed by atoms with van der Waals surface area (Å²) in [5.41, 5.74) is 7.79. The molecule has 0 heterocycles. The van der Waals surface area contributed by atoms with Crippen molar-refractivity contribution in [3.8, 4) is 22.3 Å². The van der Waals surface area contributed by atoms with Gasteiger partial charge in [0.05, 0.1) is 6.61 Å². The van der Waals surface area contributed by atoms with Crippen LogP contribution >= 0.6 is 0 Å².